The van der Waals surface area contributed by atoms with Gasteiger partial charge in [-0.3, -0.25) is 58.7 Å². The molecule has 310 valence electrons. The number of benzene rings is 1. The molecule has 0 radical (unpaired) electrons. The highest BCUT2D eigenvalue weighted by atomic mass is 31.2. The summed E-state index contributed by atoms with van der Waals surface area (Å²) >= 11 is 0. The van der Waals surface area contributed by atoms with Gasteiger partial charge < -0.3 is 0 Å². The summed E-state index contributed by atoms with van der Waals surface area (Å²) in [5.74, 6) is 0. The average Bonchev–Trinajstić information content (AvgIpc) is 3.55. The smallest absolute Gasteiger partial charge is 0.299 e. The highest BCUT2D eigenvalue weighted by Gasteiger charge is 2.63. The summed E-state index contributed by atoms with van der Waals surface area (Å²) in [5, 5.41) is 8.46. The van der Waals surface area contributed by atoms with Crippen LogP contribution in [-0.2, 0) is 27.4 Å². The molecule has 0 atom stereocenters. The van der Waals surface area contributed by atoms with Crippen molar-refractivity contribution < 1.29 is 116 Å². The molecule has 25 nitrogen and oxygen atoms in total. The highest BCUT2D eigenvalue weighted by molar-refractivity contribution is 7.64. The van der Waals surface area contributed by atoms with E-state index >= 15 is 0 Å². The van der Waals surface area contributed by atoms with Crippen molar-refractivity contribution in [1.82, 2.24) is 29.2 Å². The molecule has 3 heterocycles. The molecule has 0 saturated carbocycles. The van der Waals surface area contributed by atoms with E-state index in [1.807, 2.05) is 24.3 Å². The van der Waals surface area contributed by atoms with E-state index in [0.29, 0.717) is 0 Å². The molecule has 1 aromatic carbocycles. The Hall–Kier alpha value is -0.790. The van der Waals surface area contributed by atoms with Crippen LogP contribution in [0.15, 0.2) is 24.3 Å². The molecule has 2 fully saturated rings. The number of hydrogen-bond acceptors (Lipinski definition) is 12. The Morgan fingerprint density at radius 2 is 0.865 bits per heavy atom. The summed E-state index contributed by atoms with van der Waals surface area (Å²) < 4.78 is 128. The number of aromatic nitrogens is 3. The van der Waals surface area contributed by atoms with Crippen LogP contribution in [-0.4, -0.2) is 128 Å². The molecule has 0 amide bonds. The van der Waals surface area contributed by atoms with E-state index in [0.717, 1.165) is 37.2 Å². The molecule has 0 aliphatic carbocycles. The van der Waals surface area contributed by atoms with Crippen LogP contribution in [0.3, 0.4) is 0 Å². The Labute approximate surface area is 289 Å². The second-order valence-corrected chi connectivity index (χ2v) is 17.6. The minimum Gasteiger partial charge on any atom is -0.299 e. The monoisotopic (exact) mass is 921 g/mol. The standard InChI is InChI=1S/C14H22N6OP.6FH2O3P/c1-17-11-12-18(2)22(17,19-9-5-6-10-19)21-20-14-8-4-3-7-13(14)15-16-20;6*1-5(2,3)4/h3-4,7-8H,5-6,9-12H2,1-2H3;6*(H2,2,3,4)/q+1;;;;;;. The van der Waals surface area contributed by atoms with Crippen molar-refractivity contribution in [2.45, 2.75) is 12.8 Å². The van der Waals surface area contributed by atoms with Gasteiger partial charge in [-0.05, 0) is 35.0 Å². The first-order chi connectivity index (χ1) is 22.7. The van der Waals surface area contributed by atoms with Crippen LogP contribution < -0.4 is 4.62 Å². The minimum absolute atomic E-state index is 0.867. The van der Waals surface area contributed by atoms with Crippen molar-refractivity contribution in [3.05, 3.63) is 24.3 Å². The molecule has 2 saturated heterocycles. The number of rotatable bonds is 3. The molecule has 38 heteroatoms. The van der Waals surface area contributed by atoms with Gasteiger partial charge in [0.2, 0.25) is 0 Å². The van der Waals surface area contributed by atoms with E-state index in [-0.39, 0.29) is 0 Å². The van der Waals surface area contributed by atoms with Crippen LogP contribution in [0.5, 0.6) is 0 Å². The average molecular weight is 921 g/mol. The molecule has 12 N–H and O–H groups in total. The zero-order valence-corrected chi connectivity index (χ0v) is 32.1. The maximum Gasteiger partial charge on any atom is 0.507 e. The Balaban J connectivity index is -0.000000659. The van der Waals surface area contributed by atoms with Gasteiger partial charge in [0.25, 0.3) is 0 Å². The van der Waals surface area contributed by atoms with Crippen LogP contribution in [0, 0.1) is 0 Å². The van der Waals surface area contributed by atoms with Crippen molar-refractivity contribution in [2.24, 2.45) is 0 Å². The Bertz CT molecular complexity index is 1410. The van der Waals surface area contributed by atoms with Gasteiger partial charge in [0.1, 0.15) is 11.0 Å². The van der Waals surface area contributed by atoms with Crippen molar-refractivity contribution in [3.8, 4) is 0 Å². The van der Waals surface area contributed by atoms with Gasteiger partial charge in [-0.25, -0.2) is 27.4 Å². The molecule has 2 aromatic rings. The molecular formula is C14H34F6N6O19P7+. The fraction of sp³-hybridized carbons (Fsp3) is 0.571. The van der Waals surface area contributed by atoms with Gasteiger partial charge in [0, 0.05) is 27.2 Å². The fourth-order valence-corrected chi connectivity index (χ4v) is 6.96. The lowest BCUT2D eigenvalue weighted by Crippen LogP contribution is -2.40. The van der Waals surface area contributed by atoms with Crippen molar-refractivity contribution in [2.75, 3.05) is 40.3 Å². The summed E-state index contributed by atoms with van der Waals surface area (Å²) in [5.41, 5.74) is 1.79. The second kappa shape index (κ2) is 23.3. The number of nitrogens with zero attached hydrogens (tertiary/aromatic N) is 6. The Kier molecular flexibility index (Phi) is 24.9. The minimum atomic E-state index is -5.14. The summed E-state index contributed by atoms with van der Waals surface area (Å²) in [6.45, 7) is 4.23. The van der Waals surface area contributed by atoms with Crippen molar-refractivity contribution in [1.29, 1.82) is 0 Å². The predicted molar refractivity (Wildman–Crippen MR) is 166 cm³/mol. The molecule has 2 aliphatic heterocycles. The van der Waals surface area contributed by atoms with Gasteiger partial charge in [-0.2, -0.15) is 4.62 Å². The first kappa shape index (κ1) is 55.5. The summed E-state index contributed by atoms with van der Waals surface area (Å²) in [7, 11) is -28.5. The zero-order valence-electron chi connectivity index (χ0n) is 25.9. The maximum absolute atomic E-state index is 10.4. The van der Waals surface area contributed by atoms with Gasteiger partial charge in [-0.1, -0.05) is 12.1 Å². The zero-order chi connectivity index (χ0) is 42.2. The van der Waals surface area contributed by atoms with Gasteiger partial charge in [0.05, 0.1) is 13.1 Å². The Morgan fingerprint density at radius 3 is 1.17 bits per heavy atom. The van der Waals surface area contributed by atoms with E-state index in [1.165, 1.54) is 12.8 Å². The normalized spacial score (nSPS) is 16.8. The van der Waals surface area contributed by atoms with E-state index in [1.54, 1.807) is 4.85 Å². The SMILES string of the molecule is CN1CCN(C)[P+]1(On1nnc2ccccc21)N1CCCC1.O=P(O)(O)F.O=P(O)(O)F.O=P(O)(O)F.O=P(O)(O)F.O=P(O)(O)F.O=P(O)(O)F. The summed E-state index contributed by atoms with van der Waals surface area (Å²) in [4.78, 5) is 85.2. The number of fused-ring (bicyclic) bond motifs is 1. The first-order valence-corrected chi connectivity index (χ1v) is 22.9. The van der Waals surface area contributed by atoms with E-state index in [4.69, 9.17) is 90.7 Å². The lowest BCUT2D eigenvalue weighted by atomic mass is 10.3. The second-order valence-electron chi connectivity index (χ2n) is 8.81. The van der Waals surface area contributed by atoms with Crippen LogP contribution in [0.2, 0.25) is 0 Å². The first-order valence-electron chi connectivity index (χ1n) is 12.3. The van der Waals surface area contributed by atoms with E-state index < -0.39 is 55.4 Å². The maximum atomic E-state index is 10.4. The third-order valence-corrected chi connectivity index (χ3v) is 8.29. The molecule has 4 rings (SSSR count). The fourth-order valence-electron chi connectivity index (χ4n) is 3.39. The number of likely N-dealkylation sites (N-methyl/N-ethyl adjacent to an activating group) is 2. The third kappa shape index (κ3) is 38.9. The van der Waals surface area contributed by atoms with Crippen LogP contribution >= 0.6 is 55.4 Å². The lowest BCUT2D eigenvalue weighted by Gasteiger charge is -2.33. The van der Waals surface area contributed by atoms with Crippen LogP contribution in [0.4, 0.5) is 25.2 Å². The van der Waals surface area contributed by atoms with Gasteiger partial charge >= 0.3 is 55.4 Å². The molecule has 0 spiro atoms. The molecule has 0 unspecified atom stereocenters. The molecule has 0 bridgehead atoms. The predicted octanol–water partition coefficient (Wildman–Crippen LogP) is 1.80. The topological polar surface area (TPSA) is 395 Å². The van der Waals surface area contributed by atoms with Crippen LogP contribution in [0.25, 0.3) is 11.0 Å². The number of halogens is 6. The largest absolute Gasteiger partial charge is 0.507 e. The van der Waals surface area contributed by atoms with E-state index in [9.17, 15) is 25.2 Å². The van der Waals surface area contributed by atoms with E-state index in [2.05, 4.69) is 38.4 Å². The molecule has 1 aromatic heterocycles. The van der Waals surface area contributed by atoms with Crippen molar-refractivity contribution in [3.63, 3.8) is 0 Å². The Morgan fingerprint density at radius 1 is 0.577 bits per heavy atom. The van der Waals surface area contributed by atoms with Gasteiger partial charge in [0.15, 0.2) is 0 Å². The summed E-state index contributed by atoms with van der Waals surface area (Å²) in [6.07, 6.45) is 2.48. The van der Waals surface area contributed by atoms with Gasteiger partial charge in [-0.15, -0.1) is 44.3 Å². The summed E-state index contributed by atoms with van der Waals surface area (Å²) in [6, 6.07) is 7.94. The highest BCUT2D eigenvalue weighted by Crippen LogP contribution is 2.68. The lowest BCUT2D eigenvalue weighted by molar-refractivity contribution is 0.193. The molecule has 52 heavy (non-hydrogen) atoms. The van der Waals surface area contributed by atoms with Crippen molar-refractivity contribution >= 4 is 66.4 Å². The quantitative estimate of drug-likeness (QED) is 0.154. The molecular weight excluding hydrogens is 887 g/mol. The van der Waals surface area contributed by atoms with Crippen LogP contribution in [0.1, 0.15) is 12.8 Å². The third-order valence-electron chi connectivity index (χ3n) is 4.60. The number of hydrogen-bond donors (Lipinski definition) is 12. The number of para-hydroxylation sites is 1. The molecule has 2 aliphatic rings.